The van der Waals surface area contributed by atoms with Crippen molar-refractivity contribution < 1.29 is 14.3 Å². The highest BCUT2D eigenvalue weighted by Gasteiger charge is 2.04. The number of benzene rings is 1. The molecule has 4 heteroatoms. The second kappa shape index (κ2) is 9.14. The van der Waals surface area contributed by atoms with Gasteiger partial charge in [-0.3, -0.25) is 9.59 Å². The predicted octanol–water partition coefficient (Wildman–Crippen LogP) is 2.68. The fourth-order valence-corrected chi connectivity index (χ4v) is 1.70. The molecule has 0 heterocycles. The molecule has 0 aromatic heterocycles. The van der Waals surface area contributed by atoms with E-state index in [0.717, 1.165) is 25.7 Å². The van der Waals surface area contributed by atoms with Crippen molar-refractivity contribution in [1.29, 1.82) is 0 Å². The van der Waals surface area contributed by atoms with Crippen LogP contribution >= 0.6 is 0 Å². The summed E-state index contributed by atoms with van der Waals surface area (Å²) in [6, 6.07) is 9.08. The van der Waals surface area contributed by atoms with Gasteiger partial charge in [0.1, 0.15) is 5.75 Å². The van der Waals surface area contributed by atoms with Gasteiger partial charge in [-0.15, -0.1) is 0 Å². The smallest absolute Gasteiger partial charge is 0.311 e. The van der Waals surface area contributed by atoms with Gasteiger partial charge in [0.05, 0.1) is 0 Å². The van der Waals surface area contributed by atoms with Crippen molar-refractivity contribution in [2.75, 3.05) is 7.05 Å². The molecule has 0 saturated heterocycles. The molecule has 19 heavy (non-hydrogen) atoms. The minimum absolute atomic E-state index is 0.0727. The molecule has 1 rings (SSSR count). The van der Waals surface area contributed by atoms with Gasteiger partial charge in [-0.2, -0.15) is 0 Å². The maximum absolute atomic E-state index is 11.5. The van der Waals surface area contributed by atoms with Crippen molar-refractivity contribution in [1.82, 2.24) is 5.32 Å². The first-order valence-corrected chi connectivity index (χ1v) is 6.68. The minimum atomic E-state index is -0.197. The van der Waals surface area contributed by atoms with Gasteiger partial charge in [-0.05, 0) is 25.0 Å². The van der Waals surface area contributed by atoms with E-state index >= 15 is 0 Å². The standard InChI is InChI=1S/C15H21NO3/c1-16-14(17)11-7-2-3-8-12-15(18)19-13-9-5-4-6-10-13/h4-6,9-10H,2-3,7-8,11-12H2,1H3,(H,16,17). The van der Waals surface area contributed by atoms with Crippen LogP contribution in [0.25, 0.3) is 0 Å². The third-order valence-electron chi connectivity index (χ3n) is 2.79. The first-order chi connectivity index (χ1) is 9.22. The average molecular weight is 263 g/mol. The third kappa shape index (κ3) is 7.24. The van der Waals surface area contributed by atoms with Crippen LogP contribution in [0.4, 0.5) is 0 Å². The number of hydrogen-bond donors (Lipinski definition) is 1. The fourth-order valence-electron chi connectivity index (χ4n) is 1.70. The number of amides is 1. The zero-order chi connectivity index (χ0) is 13.9. The molecule has 0 aliphatic heterocycles. The molecule has 0 spiro atoms. The van der Waals surface area contributed by atoms with E-state index in [0.29, 0.717) is 18.6 Å². The molecule has 0 aliphatic carbocycles. The first kappa shape index (κ1) is 15.2. The van der Waals surface area contributed by atoms with E-state index in [4.69, 9.17) is 4.74 Å². The Kier molecular flexibility index (Phi) is 7.32. The monoisotopic (exact) mass is 263 g/mol. The molecule has 0 saturated carbocycles. The summed E-state index contributed by atoms with van der Waals surface area (Å²) in [4.78, 5) is 22.5. The quantitative estimate of drug-likeness (QED) is 0.445. The highest BCUT2D eigenvalue weighted by atomic mass is 16.5. The predicted molar refractivity (Wildman–Crippen MR) is 73.8 cm³/mol. The SMILES string of the molecule is CNC(=O)CCCCCCC(=O)Oc1ccccc1. The largest absolute Gasteiger partial charge is 0.427 e. The summed E-state index contributed by atoms with van der Waals surface area (Å²) in [6.45, 7) is 0. The number of carbonyl (C=O) groups is 2. The molecular weight excluding hydrogens is 242 g/mol. The van der Waals surface area contributed by atoms with Crippen molar-refractivity contribution in [3.8, 4) is 5.75 Å². The topological polar surface area (TPSA) is 55.4 Å². The first-order valence-electron chi connectivity index (χ1n) is 6.68. The zero-order valence-electron chi connectivity index (χ0n) is 11.4. The van der Waals surface area contributed by atoms with Gasteiger partial charge in [-0.1, -0.05) is 31.0 Å². The van der Waals surface area contributed by atoms with Crippen LogP contribution in [0.2, 0.25) is 0 Å². The summed E-state index contributed by atoms with van der Waals surface area (Å²) >= 11 is 0. The van der Waals surface area contributed by atoms with Gasteiger partial charge in [0.2, 0.25) is 5.91 Å². The molecule has 0 radical (unpaired) electrons. The molecule has 1 N–H and O–H groups in total. The van der Waals surface area contributed by atoms with E-state index in [-0.39, 0.29) is 11.9 Å². The number of esters is 1. The minimum Gasteiger partial charge on any atom is -0.427 e. The summed E-state index contributed by atoms with van der Waals surface area (Å²) in [6.07, 6.45) is 4.57. The van der Waals surface area contributed by atoms with Crippen molar-refractivity contribution in [3.05, 3.63) is 30.3 Å². The van der Waals surface area contributed by atoms with Gasteiger partial charge in [-0.25, -0.2) is 0 Å². The van der Waals surface area contributed by atoms with Crippen LogP contribution in [0.3, 0.4) is 0 Å². The van der Waals surface area contributed by atoms with E-state index in [1.54, 1.807) is 19.2 Å². The van der Waals surface area contributed by atoms with Crippen LogP contribution in [0.15, 0.2) is 30.3 Å². The number of unbranched alkanes of at least 4 members (excludes halogenated alkanes) is 3. The lowest BCUT2D eigenvalue weighted by Crippen LogP contribution is -2.16. The molecule has 0 fully saturated rings. The Hall–Kier alpha value is -1.84. The normalized spacial score (nSPS) is 9.95. The Morgan fingerprint density at radius 1 is 1.00 bits per heavy atom. The molecule has 0 aliphatic rings. The summed E-state index contributed by atoms with van der Waals surface area (Å²) in [5, 5.41) is 2.59. The molecule has 104 valence electrons. The molecule has 1 aromatic rings. The van der Waals surface area contributed by atoms with E-state index in [1.807, 2.05) is 18.2 Å². The average Bonchev–Trinajstić information content (AvgIpc) is 2.43. The van der Waals surface area contributed by atoms with Crippen molar-refractivity contribution in [2.24, 2.45) is 0 Å². The van der Waals surface area contributed by atoms with Gasteiger partial charge < -0.3 is 10.1 Å². The van der Waals surface area contributed by atoms with Gasteiger partial charge >= 0.3 is 5.97 Å². The summed E-state index contributed by atoms with van der Waals surface area (Å²) in [5.41, 5.74) is 0. The summed E-state index contributed by atoms with van der Waals surface area (Å²) < 4.78 is 5.17. The summed E-state index contributed by atoms with van der Waals surface area (Å²) in [7, 11) is 1.64. The molecule has 0 unspecified atom stereocenters. The van der Waals surface area contributed by atoms with Crippen LogP contribution < -0.4 is 10.1 Å². The molecular formula is C15H21NO3. The third-order valence-corrected chi connectivity index (χ3v) is 2.79. The highest BCUT2D eigenvalue weighted by Crippen LogP contribution is 2.11. The lowest BCUT2D eigenvalue weighted by molar-refractivity contribution is -0.134. The molecule has 4 nitrogen and oxygen atoms in total. The molecule has 0 atom stereocenters. The van der Waals surface area contributed by atoms with E-state index in [1.165, 1.54) is 0 Å². The van der Waals surface area contributed by atoms with Crippen LogP contribution in [0.5, 0.6) is 5.75 Å². The van der Waals surface area contributed by atoms with Gasteiger partial charge in [0.15, 0.2) is 0 Å². The number of carbonyl (C=O) groups excluding carboxylic acids is 2. The maximum Gasteiger partial charge on any atom is 0.311 e. The highest BCUT2D eigenvalue weighted by molar-refractivity contribution is 5.75. The number of para-hydroxylation sites is 1. The molecule has 1 amide bonds. The van der Waals surface area contributed by atoms with Crippen molar-refractivity contribution in [2.45, 2.75) is 38.5 Å². The molecule has 1 aromatic carbocycles. The Labute approximate surface area is 114 Å². The Bertz CT molecular complexity index is 390. The lowest BCUT2D eigenvalue weighted by Gasteiger charge is -2.04. The molecule has 0 bridgehead atoms. The van der Waals surface area contributed by atoms with Crippen molar-refractivity contribution >= 4 is 11.9 Å². The van der Waals surface area contributed by atoms with Crippen molar-refractivity contribution in [3.63, 3.8) is 0 Å². The lowest BCUT2D eigenvalue weighted by atomic mass is 10.1. The van der Waals surface area contributed by atoms with E-state index in [9.17, 15) is 9.59 Å². The fraction of sp³-hybridized carbons (Fsp3) is 0.467. The van der Waals surface area contributed by atoms with Gasteiger partial charge in [0, 0.05) is 19.9 Å². The van der Waals surface area contributed by atoms with E-state index < -0.39 is 0 Å². The number of ether oxygens (including phenoxy) is 1. The number of nitrogens with one attached hydrogen (secondary N) is 1. The Morgan fingerprint density at radius 3 is 2.26 bits per heavy atom. The summed E-state index contributed by atoms with van der Waals surface area (Å²) in [5.74, 6) is 0.466. The Morgan fingerprint density at radius 2 is 1.63 bits per heavy atom. The van der Waals surface area contributed by atoms with Crippen LogP contribution in [-0.2, 0) is 9.59 Å². The Balaban J connectivity index is 2.03. The van der Waals surface area contributed by atoms with E-state index in [2.05, 4.69) is 5.32 Å². The van der Waals surface area contributed by atoms with Crippen LogP contribution in [0.1, 0.15) is 38.5 Å². The maximum atomic E-state index is 11.5. The number of hydrogen-bond acceptors (Lipinski definition) is 3. The van der Waals surface area contributed by atoms with Crippen LogP contribution in [0, 0.1) is 0 Å². The van der Waals surface area contributed by atoms with Crippen LogP contribution in [-0.4, -0.2) is 18.9 Å². The zero-order valence-corrected chi connectivity index (χ0v) is 11.4. The van der Waals surface area contributed by atoms with Gasteiger partial charge in [0.25, 0.3) is 0 Å². The second-order valence-corrected chi connectivity index (χ2v) is 4.37. The number of rotatable bonds is 8. The second-order valence-electron chi connectivity index (χ2n) is 4.37.